The molecule has 6 heteroatoms. The lowest BCUT2D eigenvalue weighted by atomic mass is 10.2. The number of hydrogen-bond acceptors (Lipinski definition) is 4. The highest BCUT2D eigenvalue weighted by Crippen LogP contribution is 2.27. The smallest absolute Gasteiger partial charge is 0.244 e. The summed E-state index contributed by atoms with van der Waals surface area (Å²) < 4.78 is 1.84. The fourth-order valence-corrected chi connectivity index (χ4v) is 4.25. The van der Waals surface area contributed by atoms with E-state index < -0.39 is 0 Å². The van der Waals surface area contributed by atoms with Gasteiger partial charge >= 0.3 is 0 Å². The van der Waals surface area contributed by atoms with E-state index in [0.717, 1.165) is 30.0 Å². The van der Waals surface area contributed by atoms with Crippen LogP contribution in [0.25, 0.3) is 6.08 Å². The van der Waals surface area contributed by atoms with E-state index in [2.05, 4.69) is 32.8 Å². The first kappa shape index (κ1) is 17.9. The van der Waals surface area contributed by atoms with Gasteiger partial charge in [-0.1, -0.05) is 6.07 Å². The van der Waals surface area contributed by atoms with Gasteiger partial charge in [-0.15, -0.1) is 11.3 Å². The van der Waals surface area contributed by atoms with Gasteiger partial charge in [0.2, 0.25) is 5.91 Å². The number of likely N-dealkylation sites (tertiary alicyclic amines) is 1. The van der Waals surface area contributed by atoms with Gasteiger partial charge in [-0.3, -0.25) is 14.4 Å². The zero-order valence-electron chi connectivity index (χ0n) is 15.2. The van der Waals surface area contributed by atoms with Crippen molar-refractivity contribution in [3.8, 4) is 0 Å². The van der Waals surface area contributed by atoms with Crippen LogP contribution in [0.5, 0.6) is 0 Å². The lowest BCUT2D eigenvalue weighted by molar-refractivity contribution is -0.116. The van der Waals surface area contributed by atoms with E-state index in [1.807, 2.05) is 31.7 Å². The molecule has 0 saturated carbocycles. The molecule has 3 heterocycles. The van der Waals surface area contributed by atoms with Gasteiger partial charge in [0, 0.05) is 35.8 Å². The van der Waals surface area contributed by atoms with E-state index in [9.17, 15) is 4.79 Å². The predicted octanol–water partition coefficient (Wildman–Crippen LogP) is 3.06. The summed E-state index contributed by atoms with van der Waals surface area (Å²) >= 11 is 1.76. The number of rotatable bonds is 6. The number of carbonyl (C=O) groups is 1. The molecule has 134 valence electrons. The van der Waals surface area contributed by atoms with Crippen LogP contribution < -0.4 is 5.32 Å². The molecule has 0 spiro atoms. The molecule has 1 amide bonds. The van der Waals surface area contributed by atoms with Gasteiger partial charge in [-0.2, -0.15) is 5.10 Å². The van der Waals surface area contributed by atoms with E-state index in [0.29, 0.717) is 6.54 Å². The highest BCUT2D eigenvalue weighted by molar-refractivity contribution is 7.10. The molecule has 1 aliphatic rings. The van der Waals surface area contributed by atoms with Crippen molar-refractivity contribution in [2.75, 3.05) is 19.6 Å². The van der Waals surface area contributed by atoms with Crippen LogP contribution in [0, 0.1) is 13.8 Å². The topological polar surface area (TPSA) is 50.2 Å². The summed E-state index contributed by atoms with van der Waals surface area (Å²) in [5.74, 6) is -0.0524. The average Bonchev–Trinajstić information content (AvgIpc) is 3.32. The van der Waals surface area contributed by atoms with Crippen LogP contribution in [-0.2, 0) is 11.8 Å². The van der Waals surface area contributed by atoms with Crippen LogP contribution in [0.2, 0.25) is 0 Å². The molecule has 0 bridgehead atoms. The summed E-state index contributed by atoms with van der Waals surface area (Å²) in [7, 11) is 1.92. The third-order valence-corrected chi connectivity index (χ3v) is 5.86. The summed E-state index contributed by atoms with van der Waals surface area (Å²) in [5, 5.41) is 9.56. The monoisotopic (exact) mass is 358 g/mol. The van der Waals surface area contributed by atoms with E-state index >= 15 is 0 Å². The first-order chi connectivity index (χ1) is 12.1. The Morgan fingerprint density at radius 1 is 1.40 bits per heavy atom. The number of hydrogen-bond donors (Lipinski definition) is 1. The molecule has 1 atom stereocenters. The van der Waals surface area contributed by atoms with Crippen molar-refractivity contribution in [3.63, 3.8) is 0 Å². The highest BCUT2D eigenvalue weighted by Gasteiger charge is 2.24. The Morgan fingerprint density at radius 3 is 2.76 bits per heavy atom. The third-order valence-electron chi connectivity index (χ3n) is 4.89. The Hall–Kier alpha value is -1.92. The predicted molar refractivity (Wildman–Crippen MR) is 103 cm³/mol. The molecule has 1 fully saturated rings. The molecule has 5 nitrogen and oxygen atoms in total. The minimum absolute atomic E-state index is 0.0524. The lowest BCUT2D eigenvalue weighted by Gasteiger charge is -2.26. The third kappa shape index (κ3) is 4.19. The van der Waals surface area contributed by atoms with Gasteiger partial charge < -0.3 is 5.32 Å². The van der Waals surface area contributed by atoms with Gasteiger partial charge in [0.1, 0.15) is 0 Å². The summed E-state index contributed by atoms with van der Waals surface area (Å²) in [6.07, 6.45) is 5.97. The summed E-state index contributed by atoms with van der Waals surface area (Å²) in [5.41, 5.74) is 3.03. The zero-order valence-corrected chi connectivity index (χ0v) is 16.0. The van der Waals surface area contributed by atoms with Crippen molar-refractivity contribution < 1.29 is 4.79 Å². The molecular formula is C19H26N4OS. The number of nitrogens with one attached hydrogen (secondary N) is 1. The maximum Gasteiger partial charge on any atom is 0.244 e. The van der Waals surface area contributed by atoms with Crippen molar-refractivity contribution >= 4 is 23.3 Å². The van der Waals surface area contributed by atoms with Gasteiger partial charge in [-0.25, -0.2) is 0 Å². The molecule has 0 aromatic carbocycles. The molecule has 1 aliphatic heterocycles. The normalized spacial score (nSPS) is 16.6. The summed E-state index contributed by atoms with van der Waals surface area (Å²) in [6, 6.07) is 4.53. The van der Waals surface area contributed by atoms with E-state index in [1.165, 1.54) is 17.7 Å². The first-order valence-electron chi connectivity index (χ1n) is 8.80. The largest absolute Gasteiger partial charge is 0.351 e. The molecule has 2 aromatic rings. The number of thiophene rings is 1. The minimum Gasteiger partial charge on any atom is -0.351 e. The second-order valence-corrected chi connectivity index (χ2v) is 7.54. The minimum atomic E-state index is -0.0524. The van der Waals surface area contributed by atoms with Crippen molar-refractivity contribution in [1.82, 2.24) is 20.0 Å². The molecular weight excluding hydrogens is 332 g/mol. The molecule has 1 unspecified atom stereocenters. The number of nitrogens with zero attached hydrogens (tertiary/aromatic N) is 3. The number of aryl methyl sites for hydroxylation is 2. The van der Waals surface area contributed by atoms with E-state index in [4.69, 9.17) is 0 Å². The maximum absolute atomic E-state index is 12.3. The Bertz CT molecular complexity index is 742. The molecule has 1 saturated heterocycles. The molecule has 3 rings (SSSR count). The van der Waals surface area contributed by atoms with Gasteiger partial charge in [-0.05, 0) is 57.3 Å². The van der Waals surface area contributed by atoms with E-state index in [1.54, 1.807) is 17.4 Å². The lowest BCUT2D eigenvalue weighted by Crippen LogP contribution is -2.35. The Labute approximate surface area is 153 Å². The number of carbonyl (C=O) groups excluding carboxylic acids is 1. The molecule has 1 N–H and O–H groups in total. The number of amides is 1. The Kier molecular flexibility index (Phi) is 5.71. The van der Waals surface area contributed by atoms with Crippen LogP contribution in [0.15, 0.2) is 23.6 Å². The first-order valence-corrected chi connectivity index (χ1v) is 9.68. The van der Waals surface area contributed by atoms with Gasteiger partial charge in [0.15, 0.2) is 0 Å². The second kappa shape index (κ2) is 7.97. The standard InChI is InChI=1S/C19H26N4OS/c1-14-16(15(2)22(3)21-14)8-9-19(24)20-13-17(18-7-6-12-25-18)23-10-4-5-11-23/h6-9,12,17H,4-5,10-11,13H2,1-3H3,(H,20,24)/b9-8+. The summed E-state index contributed by atoms with van der Waals surface area (Å²) in [6.45, 7) is 6.85. The van der Waals surface area contributed by atoms with Crippen molar-refractivity contribution in [1.29, 1.82) is 0 Å². The SMILES string of the molecule is Cc1nn(C)c(C)c1/C=C/C(=O)NCC(c1cccs1)N1CCCC1. The maximum atomic E-state index is 12.3. The van der Waals surface area contributed by atoms with Gasteiger partial charge in [0.25, 0.3) is 0 Å². The second-order valence-electron chi connectivity index (χ2n) is 6.56. The molecule has 25 heavy (non-hydrogen) atoms. The van der Waals surface area contributed by atoms with Crippen LogP contribution in [-0.4, -0.2) is 40.2 Å². The Morgan fingerprint density at radius 2 is 2.16 bits per heavy atom. The van der Waals surface area contributed by atoms with Crippen LogP contribution in [0.1, 0.15) is 40.7 Å². The fraction of sp³-hybridized carbons (Fsp3) is 0.474. The zero-order chi connectivity index (χ0) is 17.8. The summed E-state index contributed by atoms with van der Waals surface area (Å²) in [4.78, 5) is 16.1. The molecule has 2 aromatic heterocycles. The van der Waals surface area contributed by atoms with E-state index in [-0.39, 0.29) is 11.9 Å². The molecule has 0 aliphatic carbocycles. The van der Waals surface area contributed by atoms with Crippen LogP contribution in [0.3, 0.4) is 0 Å². The number of aromatic nitrogens is 2. The quantitative estimate of drug-likeness (QED) is 0.808. The van der Waals surface area contributed by atoms with Gasteiger partial charge in [0.05, 0.1) is 11.7 Å². The van der Waals surface area contributed by atoms with Crippen LogP contribution in [0.4, 0.5) is 0 Å². The van der Waals surface area contributed by atoms with Crippen molar-refractivity contribution in [2.24, 2.45) is 7.05 Å². The highest BCUT2D eigenvalue weighted by atomic mass is 32.1. The Balaban J connectivity index is 1.62. The van der Waals surface area contributed by atoms with Crippen molar-refractivity contribution in [2.45, 2.75) is 32.7 Å². The van der Waals surface area contributed by atoms with Crippen molar-refractivity contribution in [3.05, 3.63) is 45.4 Å². The molecule has 0 radical (unpaired) electrons. The average molecular weight is 359 g/mol. The fourth-order valence-electron chi connectivity index (χ4n) is 3.39. The van der Waals surface area contributed by atoms with Crippen LogP contribution >= 0.6 is 11.3 Å².